The number of anilines is 1. The Morgan fingerprint density at radius 2 is 1.75 bits per heavy atom. The van der Waals surface area contributed by atoms with Crippen molar-refractivity contribution in [1.29, 1.82) is 0 Å². The molecule has 2 aromatic carbocycles. The van der Waals surface area contributed by atoms with E-state index >= 15 is 0 Å². The molecule has 1 fully saturated rings. The van der Waals surface area contributed by atoms with Gasteiger partial charge in [-0.15, -0.1) is 0 Å². The van der Waals surface area contributed by atoms with E-state index in [1.54, 1.807) is 39.6 Å². The Labute approximate surface area is 266 Å². The molecule has 0 N–H and O–H groups in total. The molecule has 44 heavy (non-hydrogen) atoms. The molecule has 1 atom stereocenters. The lowest BCUT2D eigenvalue weighted by atomic mass is 9.99. The minimum atomic E-state index is -4.85. The average Bonchev–Trinajstić information content (AvgIpc) is 2.91. The van der Waals surface area contributed by atoms with Crippen molar-refractivity contribution < 1.29 is 35.9 Å². The summed E-state index contributed by atoms with van der Waals surface area (Å²) in [5, 5.41) is -0.110. The lowest BCUT2D eigenvalue weighted by molar-refractivity contribution is -0.138. The monoisotopic (exact) mass is 679 g/mol. The molecule has 0 bridgehead atoms. The molecule has 0 aliphatic carbocycles. The van der Waals surface area contributed by atoms with Gasteiger partial charge in [-0.1, -0.05) is 30.1 Å². The highest BCUT2D eigenvalue weighted by Crippen LogP contribution is 2.38. The third-order valence-corrected chi connectivity index (χ3v) is 9.77. The van der Waals surface area contributed by atoms with Crippen LogP contribution >= 0.6 is 23.2 Å². The summed E-state index contributed by atoms with van der Waals surface area (Å²) in [5.74, 6) is -1.08. The van der Waals surface area contributed by atoms with E-state index in [0.29, 0.717) is 32.4 Å². The number of hydrogen-bond donors (Lipinski definition) is 0. The van der Waals surface area contributed by atoms with E-state index in [1.807, 2.05) is 0 Å². The van der Waals surface area contributed by atoms with Crippen LogP contribution in [0.15, 0.2) is 35.2 Å². The highest BCUT2D eigenvalue weighted by atomic mass is 35.5. The van der Waals surface area contributed by atoms with E-state index in [-0.39, 0.29) is 50.1 Å². The molecule has 1 aliphatic heterocycles. The molecule has 0 spiro atoms. The zero-order valence-corrected chi connectivity index (χ0v) is 27.9. The number of amides is 2. The molecule has 0 aromatic heterocycles. The molecule has 1 aliphatic rings. The third kappa shape index (κ3) is 8.80. The van der Waals surface area contributed by atoms with Crippen LogP contribution in [0.4, 0.5) is 23.7 Å². The van der Waals surface area contributed by atoms with Gasteiger partial charge in [0.15, 0.2) is 9.84 Å². The molecular formula is C30H38Cl2F3N3O5S. The largest absolute Gasteiger partial charge is 0.444 e. The number of sulfone groups is 1. The lowest BCUT2D eigenvalue weighted by Crippen LogP contribution is -2.49. The highest BCUT2D eigenvalue weighted by Gasteiger charge is 2.37. The second kappa shape index (κ2) is 13.8. The van der Waals surface area contributed by atoms with Crippen LogP contribution in [-0.2, 0) is 27.3 Å². The van der Waals surface area contributed by atoms with E-state index in [4.69, 9.17) is 27.9 Å². The van der Waals surface area contributed by atoms with Crippen molar-refractivity contribution in [3.8, 4) is 0 Å². The first kappa shape index (κ1) is 35.9. The highest BCUT2D eigenvalue weighted by molar-refractivity contribution is 7.91. The van der Waals surface area contributed by atoms with Crippen LogP contribution in [0.5, 0.6) is 0 Å². The molecule has 2 amide bonds. The number of piperidine rings is 1. The van der Waals surface area contributed by atoms with Crippen molar-refractivity contribution in [2.45, 2.75) is 76.2 Å². The Hall–Kier alpha value is -2.54. The van der Waals surface area contributed by atoms with Gasteiger partial charge in [-0.25, -0.2) is 13.2 Å². The quantitative estimate of drug-likeness (QED) is 0.291. The molecular weight excluding hydrogens is 642 g/mol. The number of likely N-dealkylation sites (N-methyl/N-ethyl adjacent to an activating group) is 1. The number of benzene rings is 2. The Morgan fingerprint density at radius 3 is 2.34 bits per heavy atom. The van der Waals surface area contributed by atoms with Crippen molar-refractivity contribution in [1.82, 2.24) is 9.80 Å². The molecule has 14 heteroatoms. The van der Waals surface area contributed by atoms with Crippen LogP contribution in [0.25, 0.3) is 0 Å². The standard InChI is InChI=1S/C30H38Cl2F3N3O5S/c1-7-13-44(41,42)26-11-10-20(31)16-25(26)37(6)27(39)19-14-23(30(33,34)35)22(24(32)15-19)18-38-12-8-9-21(17-38)36(5)28(40)43-29(2,3)4/h10-11,14-16,21H,7-9,12-13,17-18H2,1-6H3/t21-/m0/s1. The fourth-order valence-electron chi connectivity index (χ4n) is 5.07. The SMILES string of the molecule is CCCS(=O)(=O)c1ccc(Cl)cc1N(C)C(=O)c1cc(Cl)c(CN2CCC[C@H](N(C)C(=O)OC(C)(C)C)C2)c(C(F)(F)F)c1. The number of rotatable bonds is 8. The van der Waals surface area contributed by atoms with Gasteiger partial charge >= 0.3 is 12.3 Å². The first-order valence-electron chi connectivity index (χ1n) is 14.1. The van der Waals surface area contributed by atoms with Crippen LogP contribution in [0, 0.1) is 0 Å². The zero-order valence-electron chi connectivity index (χ0n) is 25.6. The van der Waals surface area contributed by atoms with Gasteiger partial charge < -0.3 is 14.5 Å². The summed E-state index contributed by atoms with van der Waals surface area (Å²) in [7, 11) is -0.933. The third-order valence-electron chi connectivity index (χ3n) is 7.23. The van der Waals surface area contributed by atoms with E-state index in [2.05, 4.69) is 0 Å². The van der Waals surface area contributed by atoms with Crippen molar-refractivity contribution in [3.05, 3.63) is 57.1 Å². The van der Waals surface area contributed by atoms with Crippen molar-refractivity contribution >= 4 is 50.7 Å². The first-order chi connectivity index (χ1) is 20.2. The second-order valence-electron chi connectivity index (χ2n) is 11.9. The minimum Gasteiger partial charge on any atom is -0.444 e. The fourth-order valence-corrected chi connectivity index (χ4v) is 7.06. The molecule has 0 saturated carbocycles. The molecule has 244 valence electrons. The lowest BCUT2D eigenvalue weighted by Gasteiger charge is -2.38. The topological polar surface area (TPSA) is 87.2 Å². The molecule has 1 saturated heterocycles. The Balaban J connectivity index is 1.93. The minimum absolute atomic E-state index is 0.0572. The summed E-state index contributed by atoms with van der Waals surface area (Å²) in [6, 6.07) is 5.54. The number of ether oxygens (including phenoxy) is 1. The van der Waals surface area contributed by atoms with E-state index in [1.165, 1.54) is 30.1 Å². The van der Waals surface area contributed by atoms with Crippen molar-refractivity contribution in [2.24, 2.45) is 0 Å². The Kier molecular flexibility index (Phi) is 11.3. The summed E-state index contributed by atoms with van der Waals surface area (Å²) >= 11 is 12.5. The van der Waals surface area contributed by atoms with Crippen LogP contribution in [0.2, 0.25) is 10.0 Å². The summed E-state index contributed by atoms with van der Waals surface area (Å²) in [5.41, 5.74) is -2.39. The molecule has 8 nitrogen and oxygen atoms in total. The Bertz CT molecular complexity index is 1500. The van der Waals surface area contributed by atoms with Crippen LogP contribution in [0.1, 0.15) is 68.4 Å². The maximum Gasteiger partial charge on any atom is 0.416 e. The number of likely N-dealkylation sites (tertiary alicyclic amines) is 1. The van der Waals surface area contributed by atoms with Crippen molar-refractivity contribution in [3.63, 3.8) is 0 Å². The smallest absolute Gasteiger partial charge is 0.416 e. The van der Waals surface area contributed by atoms with Gasteiger partial charge in [0.2, 0.25) is 0 Å². The van der Waals surface area contributed by atoms with Gasteiger partial charge in [0.1, 0.15) is 5.60 Å². The Morgan fingerprint density at radius 1 is 1.09 bits per heavy atom. The maximum atomic E-state index is 14.4. The molecule has 0 radical (unpaired) electrons. The second-order valence-corrected chi connectivity index (χ2v) is 14.8. The molecule has 2 aromatic rings. The van der Waals surface area contributed by atoms with Gasteiger partial charge in [-0.05, 0) is 82.5 Å². The normalized spacial score (nSPS) is 16.5. The van der Waals surface area contributed by atoms with E-state index in [0.717, 1.165) is 17.0 Å². The molecule has 1 heterocycles. The fraction of sp³-hybridized carbons (Fsp3) is 0.533. The number of alkyl halides is 3. The van der Waals surface area contributed by atoms with Gasteiger partial charge in [-0.2, -0.15) is 13.2 Å². The predicted octanol–water partition coefficient (Wildman–Crippen LogP) is 7.30. The average molecular weight is 681 g/mol. The van der Waals surface area contributed by atoms with E-state index < -0.39 is 39.2 Å². The van der Waals surface area contributed by atoms with E-state index in [9.17, 15) is 31.2 Å². The van der Waals surface area contributed by atoms with Crippen LogP contribution in [0.3, 0.4) is 0 Å². The predicted molar refractivity (Wildman–Crippen MR) is 165 cm³/mol. The van der Waals surface area contributed by atoms with Gasteiger partial charge in [0.25, 0.3) is 5.91 Å². The summed E-state index contributed by atoms with van der Waals surface area (Å²) in [6.07, 6.45) is -3.74. The zero-order chi connectivity index (χ0) is 33.2. The van der Waals surface area contributed by atoms with Gasteiger partial charge in [-0.3, -0.25) is 9.69 Å². The number of hydrogen-bond acceptors (Lipinski definition) is 6. The molecule has 0 unspecified atom stereocenters. The number of carbonyl (C=O) groups excluding carboxylic acids is 2. The van der Waals surface area contributed by atoms with Gasteiger partial charge in [0, 0.05) is 48.8 Å². The first-order valence-corrected chi connectivity index (χ1v) is 16.5. The summed E-state index contributed by atoms with van der Waals surface area (Å²) in [6.45, 7) is 7.57. The van der Waals surface area contributed by atoms with Gasteiger partial charge in [0.05, 0.1) is 21.9 Å². The number of nitrogens with zero attached hydrogens (tertiary/aromatic N) is 3. The summed E-state index contributed by atoms with van der Waals surface area (Å²) in [4.78, 5) is 30.2. The van der Waals surface area contributed by atoms with Crippen LogP contribution < -0.4 is 4.90 Å². The number of halogens is 5. The van der Waals surface area contributed by atoms with Crippen molar-refractivity contribution in [2.75, 3.05) is 37.8 Å². The molecule has 3 rings (SSSR count). The number of carbonyl (C=O) groups is 2. The maximum absolute atomic E-state index is 14.4. The van der Waals surface area contributed by atoms with Crippen LogP contribution in [-0.4, -0.2) is 74.8 Å². The summed E-state index contributed by atoms with van der Waals surface area (Å²) < 4.78 is 74.4.